The molecule has 5 aromatic carbocycles. The molecule has 3 saturated heterocycles. The van der Waals surface area contributed by atoms with Crippen molar-refractivity contribution in [1.82, 2.24) is 74.3 Å². The summed E-state index contributed by atoms with van der Waals surface area (Å²) in [5.41, 5.74) is 25.0. The number of aliphatic imine (C=N–C) groups is 2. The molecule has 12 aromatic rings. The molecule has 0 spiro atoms. The van der Waals surface area contributed by atoms with Crippen LogP contribution in [-0.2, 0) is 58.1 Å². The third-order valence-corrected chi connectivity index (χ3v) is 28.2. The fourth-order valence-electron chi connectivity index (χ4n) is 17.2. The Bertz CT molecular complexity index is 6470. The van der Waals surface area contributed by atoms with Gasteiger partial charge in [-0.15, -0.1) is 35.3 Å². The van der Waals surface area contributed by atoms with Crippen LogP contribution in [0.3, 0.4) is 0 Å². The maximum Gasteiger partial charge on any atom is 0.410 e. The van der Waals surface area contributed by atoms with Gasteiger partial charge in [0.15, 0.2) is 5.82 Å². The minimum absolute atomic E-state index is 0.0383. The van der Waals surface area contributed by atoms with E-state index >= 15 is 0 Å². The summed E-state index contributed by atoms with van der Waals surface area (Å²) in [6.45, 7) is 27.6. The van der Waals surface area contributed by atoms with Gasteiger partial charge in [-0.3, -0.25) is 48.1 Å². The van der Waals surface area contributed by atoms with E-state index in [1.165, 1.54) is 17.3 Å². The molecule has 0 unspecified atom stereocenters. The standard InChI is InChI=1S/C38H42N8O3S.C27H35N5O4S.C22H26N4O2S.C16H18N4O/c1-25(2)49-33-12-10-30(21-39-33)35-32-19-31(11-9-29(32)20-40-35)42-37(48)38(50-4)15-18-45(23-38)22-34(47)46-16-13-27(14-17-46)26-5-7-28(8-6-26)36-41-24-44(3)43-36;1-17(2)35-22-11-8-18(15-28-22)23-20-14-19(9-10-21(20)31(6)30-23)29-24(33)27(37-7)12-13-32(16-27)25(34)36-26(3,4)5;1-14(2)28-19-7-5-16(12-24-19)20-18-10-17(6-4-15(18)11-25-20)26-21(27)22(29-3)8-9-23-13-22;1-10(2)21-15-7-4-11(9-18-15)16-13-8-12(17)5-6-14(13)20(3)19-16/h5-13,19,21,24-25H,14-18,20,22-23H2,1-4H3,(H,42,48);8-11,14-15,17H,12-13,16H2,1-7H3,(H,29,33);4-7,10,12,14,23H,8-9,11,13H2,1-3H3,(H,26,27);4-10H,17H2,1-3H3/t38-;27-;22-;/m000./s1. The van der Waals surface area contributed by atoms with Gasteiger partial charge in [-0.25, -0.2) is 29.7 Å². The number of fused-ring (bicyclic) bond motifs is 4. The number of aryl methyl sites for hydroxylation is 3. The van der Waals surface area contributed by atoms with E-state index in [9.17, 15) is 24.0 Å². The Labute approximate surface area is 812 Å². The fraction of sp³-hybridized carbons (Fsp3) is 0.388. The normalized spacial score (nSPS) is 17.8. The van der Waals surface area contributed by atoms with Crippen molar-refractivity contribution in [2.45, 2.75) is 159 Å². The lowest BCUT2D eigenvalue weighted by atomic mass is 9.98. The zero-order valence-corrected chi connectivity index (χ0v) is 83.2. The lowest BCUT2D eigenvalue weighted by Gasteiger charge is -2.29. The summed E-state index contributed by atoms with van der Waals surface area (Å²) in [5.74, 6) is 3.06. The maximum atomic E-state index is 13.8. The average Bonchev–Trinajstić information content (AvgIpc) is 1.63. The highest BCUT2D eigenvalue weighted by molar-refractivity contribution is 8.01. The van der Waals surface area contributed by atoms with E-state index in [-0.39, 0.29) is 48.0 Å². The molecule has 6 aliphatic heterocycles. The minimum atomic E-state index is -0.750. The quantitative estimate of drug-likeness (QED) is 0.0332. The number of aromatic nitrogens is 11. The lowest BCUT2D eigenvalue weighted by Crippen LogP contribution is -2.45. The van der Waals surface area contributed by atoms with Gasteiger partial charge >= 0.3 is 6.09 Å². The van der Waals surface area contributed by atoms with Crippen LogP contribution in [0.4, 0.5) is 27.5 Å². The zero-order chi connectivity index (χ0) is 97.2. The first-order chi connectivity index (χ1) is 65.6. The van der Waals surface area contributed by atoms with E-state index < -0.39 is 25.9 Å². The van der Waals surface area contributed by atoms with Gasteiger partial charge in [-0.1, -0.05) is 42.5 Å². The Morgan fingerprint density at radius 3 is 1.39 bits per heavy atom. The van der Waals surface area contributed by atoms with E-state index in [2.05, 4.69) is 79.5 Å². The number of carbonyl (C=O) groups is 5. The fourth-order valence-corrected chi connectivity index (χ4v) is 19.6. The number of anilines is 4. The van der Waals surface area contributed by atoms with Crippen molar-refractivity contribution in [3.05, 3.63) is 222 Å². The molecule has 3 atom stereocenters. The molecule has 31 nitrogen and oxygen atoms in total. The number of ether oxygens (including phenoxy) is 5. The molecule has 7 aromatic heterocycles. The van der Waals surface area contributed by atoms with E-state index in [1.54, 1.807) is 64.2 Å². The predicted molar refractivity (Wildman–Crippen MR) is 547 cm³/mol. The smallest absolute Gasteiger partial charge is 0.410 e. The summed E-state index contributed by atoms with van der Waals surface area (Å²) in [7, 11) is 5.67. The molecule has 5 amide bonds. The SMILES string of the molecule is CC(C)Oc1ccc(-c2nn(C)c3ccc(N)cc23)cn1.CS[C@@]1(C(=O)Nc2ccc3c(c2)C(c2ccc(OC(C)C)nc2)=NC3)CCN(CC(=O)N2CC=C(c3ccc(-c4ncn(C)n4)cc3)CC2)C1.CS[C@@]1(C(=O)Nc2ccc3c(c2)C(c2ccc(OC(C)C)nc2)=NC3)CCNC1.CS[C@@]1(C(=O)Nc2ccc3c(c2)c(-c2ccc(OC(C)C)nc2)nn3C)CCN(C(=O)OC(C)(C)C)C1. The molecule has 6 N–H and O–H groups in total. The van der Waals surface area contributed by atoms with Crippen LogP contribution in [0.25, 0.3) is 61.3 Å². The summed E-state index contributed by atoms with van der Waals surface area (Å²) in [6, 6.07) is 47.1. The second-order valence-corrected chi connectivity index (χ2v) is 40.4. The number of nitrogens with zero attached hydrogens (tertiary/aromatic N) is 16. The number of nitrogens with two attached hydrogens (primary N) is 1. The van der Waals surface area contributed by atoms with Gasteiger partial charge < -0.3 is 60.5 Å². The van der Waals surface area contributed by atoms with Crippen molar-refractivity contribution in [1.29, 1.82) is 0 Å². The minimum Gasteiger partial charge on any atom is -0.475 e. The molecule has 137 heavy (non-hydrogen) atoms. The summed E-state index contributed by atoms with van der Waals surface area (Å²) in [5, 5.41) is 28.3. The van der Waals surface area contributed by atoms with E-state index in [0.717, 1.165) is 137 Å². The molecule has 13 heterocycles. The van der Waals surface area contributed by atoms with Crippen molar-refractivity contribution in [2.75, 3.05) is 99.4 Å². The van der Waals surface area contributed by atoms with Crippen molar-refractivity contribution >= 4 is 127 Å². The molecule has 18 rings (SSSR count). The highest BCUT2D eigenvalue weighted by Gasteiger charge is 2.48. The molecular weight excluding hydrogens is 1790 g/mol. The Morgan fingerprint density at radius 2 is 0.942 bits per heavy atom. The second-order valence-electron chi connectivity index (χ2n) is 36.9. The van der Waals surface area contributed by atoms with Crippen molar-refractivity contribution in [2.24, 2.45) is 31.1 Å². The van der Waals surface area contributed by atoms with Gasteiger partial charge in [0, 0.05) is 188 Å². The molecular formula is C103H121N21O10S3. The number of amides is 5. The van der Waals surface area contributed by atoms with Gasteiger partial charge in [0.1, 0.15) is 37.6 Å². The summed E-state index contributed by atoms with van der Waals surface area (Å²) < 4.78 is 31.6. The number of pyridine rings is 4. The van der Waals surface area contributed by atoms with Crippen LogP contribution >= 0.6 is 35.3 Å². The molecule has 716 valence electrons. The zero-order valence-electron chi connectivity index (χ0n) is 80.8. The number of hydrogen-bond acceptors (Lipinski definition) is 26. The molecule has 3 fully saturated rings. The number of carbonyl (C=O) groups excluding carboxylic acids is 5. The molecule has 34 heteroatoms. The Kier molecular flexibility index (Phi) is 30.7. The first kappa shape index (κ1) is 98.5. The largest absolute Gasteiger partial charge is 0.475 e. The number of thioether (sulfide) groups is 3. The van der Waals surface area contributed by atoms with Gasteiger partial charge in [0.05, 0.1) is 66.5 Å². The highest BCUT2D eigenvalue weighted by Crippen LogP contribution is 2.41. The number of rotatable bonds is 25. The molecule has 6 aliphatic rings. The second kappa shape index (κ2) is 42.7. The Balaban J connectivity index is 0.000000145. The number of benzene rings is 5. The van der Waals surface area contributed by atoms with Crippen LogP contribution in [0.15, 0.2) is 193 Å². The molecule has 0 aliphatic carbocycles. The van der Waals surface area contributed by atoms with E-state index in [0.29, 0.717) is 113 Å². The van der Waals surface area contributed by atoms with Crippen LogP contribution in [0.5, 0.6) is 23.5 Å². The first-order valence-electron chi connectivity index (χ1n) is 46.2. The lowest BCUT2D eigenvalue weighted by molar-refractivity contribution is -0.132. The highest BCUT2D eigenvalue weighted by atomic mass is 32.2. The Hall–Kier alpha value is -13.0. The van der Waals surface area contributed by atoms with Crippen molar-refractivity contribution in [3.63, 3.8) is 0 Å². The van der Waals surface area contributed by atoms with Gasteiger partial charge in [-0.05, 0) is 234 Å². The van der Waals surface area contributed by atoms with Gasteiger partial charge in [-0.2, -0.15) is 15.3 Å². The number of likely N-dealkylation sites (tertiary alicyclic amines) is 2. The number of hydrogen-bond donors (Lipinski definition) is 5. The van der Waals surface area contributed by atoms with Gasteiger partial charge in [0.2, 0.25) is 47.1 Å². The summed E-state index contributed by atoms with van der Waals surface area (Å²) in [6.07, 6.45) is 19.6. The van der Waals surface area contributed by atoms with E-state index in [4.69, 9.17) is 44.5 Å². The summed E-state index contributed by atoms with van der Waals surface area (Å²) in [4.78, 5) is 103. The summed E-state index contributed by atoms with van der Waals surface area (Å²) >= 11 is 4.64. The predicted octanol–water partition coefficient (Wildman–Crippen LogP) is 16.4. The van der Waals surface area contributed by atoms with Crippen LogP contribution in [0, 0.1) is 0 Å². The average molecular weight is 1910 g/mol. The molecule has 0 radical (unpaired) electrons. The molecule has 0 saturated carbocycles. The van der Waals surface area contributed by atoms with E-state index in [1.807, 2.05) is 264 Å². The van der Waals surface area contributed by atoms with Crippen LogP contribution < -0.4 is 45.9 Å². The Morgan fingerprint density at radius 1 is 0.489 bits per heavy atom. The van der Waals surface area contributed by atoms with Crippen LogP contribution in [-0.4, -0.2) is 232 Å². The topological polar surface area (TPSA) is 358 Å². The first-order valence-corrected chi connectivity index (χ1v) is 49.8. The van der Waals surface area contributed by atoms with Crippen LogP contribution in [0.2, 0.25) is 0 Å². The molecule has 0 bridgehead atoms. The number of nitrogen functional groups attached to an aromatic ring is 1. The maximum absolute atomic E-state index is 13.8. The van der Waals surface area contributed by atoms with Crippen molar-refractivity contribution in [3.8, 4) is 57.4 Å². The number of nitrogens with one attached hydrogen (secondary N) is 4. The third kappa shape index (κ3) is 23.5. The van der Waals surface area contributed by atoms with Crippen molar-refractivity contribution < 1.29 is 47.7 Å². The third-order valence-electron chi connectivity index (χ3n) is 24.3. The van der Waals surface area contributed by atoms with Gasteiger partial charge in [0.25, 0.3) is 0 Å². The monoisotopic (exact) mass is 1910 g/mol. The van der Waals surface area contributed by atoms with Crippen LogP contribution in [0.1, 0.15) is 141 Å².